The molecule has 0 radical (unpaired) electrons. The summed E-state index contributed by atoms with van der Waals surface area (Å²) in [6.07, 6.45) is 2.09. The first-order valence-corrected chi connectivity index (χ1v) is 9.33. The number of aliphatic hydroxyl groups excluding tert-OH is 1. The Labute approximate surface area is 157 Å². The van der Waals surface area contributed by atoms with Gasteiger partial charge in [0.15, 0.2) is 11.2 Å². The van der Waals surface area contributed by atoms with Gasteiger partial charge in [0.1, 0.15) is 5.82 Å². The van der Waals surface area contributed by atoms with E-state index in [-0.39, 0.29) is 5.56 Å². The van der Waals surface area contributed by atoms with Gasteiger partial charge in [-0.25, -0.2) is 4.98 Å². The van der Waals surface area contributed by atoms with Crippen LogP contribution in [-0.2, 0) is 13.6 Å². The number of nitrogens with zero attached hydrogens (tertiary/aromatic N) is 4. The standard InChI is InChI=1S/C20H25N5O2/c1-13-21-17-16(25(13)12-14-8-5-4-6-9-14)18(27)24(3)19(22-17)23-20(2)11-7-10-15(20)26/h4-6,8-9,15,26H,7,10-12H2,1-3H3,(H,22,23)/t15-,20-/m1/s1. The monoisotopic (exact) mass is 367 g/mol. The molecule has 0 aliphatic heterocycles. The summed E-state index contributed by atoms with van der Waals surface area (Å²) in [6, 6.07) is 9.99. The Morgan fingerprint density at radius 2 is 2.04 bits per heavy atom. The van der Waals surface area contributed by atoms with E-state index < -0.39 is 11.6 Å². The van der Waals surface area contributed by atoms with Crippen LogP contribution in [0.2, 0.25) is 0 Å². The number of aliphatic hydroxyl groups is 1. The van der Waals surface area contributed by atoms with Gasteiger partial charge in [0, 0.05) is 13.6 Å². The van der Waals surface area contributed by atoms with E-state index in [4.69, 9.17) is 0 Å². The molecule has 0 amide bonds. The highest BCUT2D eigenvalue weighted by atomic mass is 16.3. The van der Waals surface area contributed by atoms with E-state index in [9.17, 15) is 9.90 Å². The third-order valence-corrected chi connectivity index (χ3v) is 5.67. The van der Waals surface area contributed by atoms with Gasteiger partial charge in [0.25, 0.3) is 5.56 Å². The molecule has 1 fully saturated rings. The van der Waals surface area contributed by atoms with Crippen molar-refractivity contribution < 1.29 is 5.11 Å². The van der Waals surface area contributed by atoms with Crippen LogP contribution in [0.5, 0.6) is 0 Å². The highest BCUT2D eigenvalue weighted by Gasteiger charge is 2.38. The molecule has 142 valence electrons. The van der Waals surface area contributed by atoms with Crippen molar-refractivity contribution >= 4 is 17.1 Å². The Kier molecular flexibility index (Phi) is 4.26. The van der Waals surface area contributed by atoms with Crippen LogP contribution in [0.1, 0.15) is 37.6 Å². The molecule has 0 spiro atoms. The first-order valence-electron chi connectivity index (χ1n) is 9.33. The molecule has 2 heterocycles. The Balaban J connectivity index is 1.78. The molecule has 4 rings (SSSR count). The zero-order valence-corrected chi connectivity index (χ0v) is 15.9. The minimum atomic E-state index is -0.480. The van der Waals surface area contributed by atoms with E-state index in [2.05, 4.69) is 15.3 Å². The Bertz CT molecular complexity index is 1040. The molecule has 1 aromatic carbocycles. The van der Waals surface area contributed by atoms with Crippen molar-refractivity contribution in [2.45, 2.75) is 51.3 Å². The summed E-state index contributed by atoms with van der Waals surface area (Å²) >= 11 is 0. The fourth-order valence-electron chi connectivity index (χ4n) is 3.89. The zero-order chi connectivity index (χ0) is 19.2. The van der Waals surface area contributed by atoms with Gasteiger partial charge in [-0.3, -0.25) is 9.36 Å². The smallest absolute Gasteiger partial charge is 0.280 e. The molecular formula is C20H25N5O2. The first kappa shape index (κ1) is 17.7. The van der Waals surface area contributed by atoms with Crippen LogP contribution in [0.25, 0.3) is 11.2 Å². The van der Waals surface area contributed by atoms with Gasteiger partial charge in [-0.15, -0.1) is 0 Å². The van der Waals surface area contributed by atoms with Crippen molar-refractivity contribution in [3.63, 3.8) is 0 Å². The minimum Gasteiger partial charge on any atom is -0.391 e. The normalized spacial score (nSPS) is 22.4. The number of hydrogen-bond donors (Lipinski definition) is 2. The van der Waals surface area contributed by atoms with Gasteiger partial charge in [0.05, 0.1) is 11.6 Å². The quantitative estimate of drug-likeness (QED) is 0.738. The van der Waals surface area contributed by atoms with Crippen LogP contribution in [0, 0.1) is 6.92 Å². The number of rotatable bonds is 4. The van der Waals surface area contributed by atoms with Crippen LogP contribution in [0.3, 0.4) is 0 Å². The van der Waals surface area contributed by atoms with E-state index in [1.807, 2.05) is 48.7 Å². The number of hydrogen-bond acceptors (Lipinski definition) is 5. The number of aromatic nitrogens is 4. The van der Waals surface area contributed by atoms with Gasteiger partial charge in [-0.05, 0) is 38.7 Å². The molecule has 1 aliphatic carbocycles. The summed E-state index contributed by atoms with van der Waals surface area (Å²) in [4.78, 5) is 22.2. The van der Waals surface area contributed by atoms with Crippen molar-refractivity contribution in [2.75, 3.05) is 5.32 Å². The van der Waals surface area contributed by atoms with Crippen molar-refractivity contribution in [1.82, 2.24) is 19.1 Å². The Morgan fingerprint density at radius 1 is 1.30 bits per heavy atom. The molecule has 1 saturated carbocycles. The fourth-order valence-corrected chi connectivity index (χ4v) is 3.89. The summed E-state index contributed by atoms with van der Waals surface area (Å²) in [5, 5.41) is 13.6. The third-order valence-electron chi connectivity index (χ3n) is 5.67. The Morgan fingerprint density at radius 3 is 2.70 bits per heavy atom. The molecular weight excluding hydrogens is 342 g/mol. The van der Waals surface area contributed by atoms with E-state index in [0.717, 1.165) is 30.7 Å². The number of benzene rings is 1. The highest BCUT2D eigenvalue weighted by molar-refractivity contribution is 5.72. The summed E-state index contributed by atoms with van der Waals surface area (Å²) in [7, 11) is 1.71. The molecule has 1 aliphatic rings. The van der Waals surface area contributed by atoms with Crippen LogP contribution in [-0.4, -0.2) is 35.9 Å². The maximum atomic E-state index is 13.1. The van der Waals surface area contributed by atoms with Crippen LogP contribution >= 0.6 is 0 Å². The SMILES string of the molecule is Cc1nc2nc(N[C@]3(C)CCC[C@H]3O)n(C)c(=O)c2n1Cc1ccccc1. The second-order valence-electron chi connectivity index (χ2n) is 7.65. The molecule has 2 aromatic heterocycles. The lowest BCUT2D eigenvalue weighted by Crippen LogP contribution is -2.44. The highest BCUT2D eigenvalue weighted by Crippen LogP contribution is 2.32. The molecule has 2 atom stereocenters. The van der Waals surface area contributed by atoms with Gasteiger partial charge in [-0.1, -0.05) is 30.3 Å². The number of fused-ring (bicyclic) bond motifs is 1. The lowest BCUT2D eigenvalue weighted by molar-refractivity contribution is 0.130. The molecule has 7 heteroatoms. The van der Waals surface area contributed by atoms with Crippen LogP contribution in [0.4, 0.5) is 5.95 Å². The summed E-state index contributed by atoms with van der Waals surface area (Å²) in [5.41, 5.74) is 1.42. The van der Waals surface area contributed by atoms with Crippen LogP contribution < -0.4 is 10.9 Å². The summed E-state index contributed by atoms with van der Waals surface area (Å²) in [5.74, 6) is 1.20. The van der Waals surface area contributed by atoms with Crippen molar-refractivity contribution in [1.29, 1.82) is 0 Å². The van der Waals surface area contributed by atoms with Crippen molar-refractivity contribution in [3.05, 3.63) is 52.1 Å². The van der Waals surface area contributed by atoms with Crippen molar-refractivity contribution in [2.24, 2.45) is 7.05 Å². The van der Waals surface area contributed by atoms with Crippen molar-refractivity contribution in [3.8, 4) is 0 Å². The number of aryl methyl sites for hydroxylation is 1. The van der Waals surface area contributed by atoms with Crippen LogP contribution in [0.15, 0.2) is 35.1 Å². The van der Waals surface area contributed by atoms with E-state index >= 15 is 0 Å². The third kappa shape index (κ3) is 3.02. The lowest BCUT2D eigenvalue weighted by Gasteiger charge is -2.30. The molecule has 3 aromatic rings. The predicted molar refractivity (Wildman–Crippen MR) is 105 cm³/mol. The zero-order valence-electron chi connectivity index (χ0n) is 15.9. The van der Waals surface area contributed by atoms with Gasteiger partial charge < -0.3 is 15.0 Å². The van der Waals surface area contributed by atoms with Gasteiger partial charge >= 0.3 is 0 Å². The number of nitrogens with one attached hydrogen (secondary N) is 1. The number of imidazole rings is 1. The topological polar surface area (TPSA) is 85.0 Å². The largest absolute Gasteiger partial charge is 0.391 e. The second-order valence-corrected chi connectivity index (χ2v) is 7.65. The average Bonchev–Trinajstić information content (AvgIpc) is 3.13. The molecule has 0 bridgehead atoms. The molecule has 0 saturated heterocycles. The van der Waals surface area contributed by atoms with E-state index in [1.165, 1.54) is 4.57 Å². The summed E-state index contributed by atoms with van der Waals surface area (Å²) in [6.45, 7) is 4.43. The van der Waals surface area contributed by atoms with Gasteiger partial charge in [0.2, 0.25) is 5.95 Å². The molecule has 2 N–H and O–H groups in total. The maximum Gasteiger partial charge on any atom is 0.280 e. The minimum absolute atomic E-state index is 0.143. The van der Waals surface area contributed by atoms with E-state index in [1.54, 1.807) is 7.05 Å². The fraction of sp³-hybridized carbons (Fsp3) is 0.450. The predicted octanol–water partition coefficient (Wildman–Crippen LogP) is 2.20. The summed E-state index contributed by atoms with van der Waals surface area (Å²) < 4.78 is 3.43. The Hall–Kier alpha value is -2.67. The molecule has 0 unspecified atom stereocenters. The van der Waals surface area contributed by atoms with E-state index in [0.29, 0.717) is 23.7 Å². The average molecular weight is 367 g/mol. The first-order chi connectivity index (χ1) is 12.9. The lowest BCUT2D eigenvalue weighted by atomic mass is 9.98. The molecule has 7 nitrogen and oxygen atoms in total. The van der Waals surface area contributed by atoms with Gasteiger partial charge in [-0.2, -0.15) is 4.98 Å². The second kappa shape index (κ2) is 6.49. The number of anilines is 1. The maximum absolute atomic E-state index is 13.1. The molecule has 27 heavy (non-hydrogen) atoms.